The molecule has 0 bridgehead atoms. The molecule has 0 saturated heterocycles. The van der Waals surface area contributed by atoms with Gasteiger partial charge in [0.15, 0.2) is 0 Å². The fourth-order valence-corrected chi connectivity index (χ4v) is 4.57. The molecule has 0 aliphatic carbocycles. The summed E-state index contributed by atoms with van der Waals surface area (Å²) in [7, 11) is 0. The van der Waals surface area contributed by atoms with E-state index >= 15 is 0 Å². The first-order valence-corrected chi connectivity index (χ1v) is 11.7. The van der Waals surface area contributed by atoms with Crippen molar-refractivity contribution in [3.63, 3.8) is 0 Å². The molecule has 6 rings (SSSR count). The highest BCUT2D eigenvalue weighted by Gasteiger charge is 2.35. The van der Waals surface area contributed by atoms with Crippen LogP contribution < -0.4 is 4.74 Å². The Balaban J connectivity index is 1.45. The topological polar surface area (TPSA) is 39.9 Å². The summed E-state index contributed by atoms with van der Waals surface area (Å²) in [5.41, 5.74) is 3.21. The molecule has 0 amide bonds. The fourth-order valence-electron chi connectivity index (χ4n) is 4.57. The van der Waals surface area contributed by atoms with Crippen molar-refractivity contribution < 1.29 is 17.9 Å². The summed E-state index contributed by atoms with van der Waals surface area (Å²) >= 11 is 0. The maximum atomic E-state index is 13.6. The Morgan fingerprint density at radius 3 is 2.32 bits per heavy atom. The summed E-state index contributed by atoms with van der Waals surface area (Å²) < 4.78 is 48.4. The van der Waals surface area contributed by atoms with E-state index in [9.17, 15) is 13.2 Å². The molecule has 0 N–H and O–H groups in total. The number of rotatable bonds is 4. The van der Waals surface area contributed by atoms with Gasteiger partial charge in [0.25, 0.3) is 0 Å². The van der Waals surface area contributed by atoms with Gasteiger partial charge in [-0.2, -0.15) is 13.2 Å². The number of hydrogen-bond acceptors (Lipinski definition) is 3. The number of benzene rings is 3. The van der Waals surface area contributed by atoms with Crippen LogP contribution in [0.25, 0.3) is 38.8 Å². The largest absolute Gasteiger partial charge is 0.438 e. The van der Waals surface area contributed by atoms with Crippen LogP contribution in [0.15, 0.2) is 103 Å². The van der Waals surface area contributed by atoms with E-state index in [1.807, 2.05) is 42.5 Å². The van der Waals surface area contributed by atoms with Crippen LogP contribution in [0.2, 0.25) is 0 Å². The molecule has 3 aromatic carbocycles. The third-order valence-electron chi connectivity index (χ3n) is 6.23. The van der Waals surface area contributed by atoms with Gasteiger partial charge in [-0.05, 0) is 66.1 Å². The lowest BCUT2D eigenvalue weighted by Crippen LogP contribution is -2.09. The number of nitrogens with zero attached hydrogens (tertiary/aromatic N) is 3. The molecular weight excluding hydrogens is 475 g/mol. The quantitative estimate of drug-likeness (QED) is 0.247. The monoisotopic (exact) mass is 495 g/mol. The number of aryl methyl sites for hydroxylation is 1. The van der Waals surface area contributed by atoms with Gasteiger partial charge in [-0.25, -0.2) is 9.97 Å². The molecule has 7 heteroatoms. The summed E-state index contributed by atoms with van der Waals surface area (Å²) in [4.78, 5) is 8.46. The first-order chi connectivity index (χ1) is 17.9. The van der Waals surface area contributed by atoms with E-state index in [1.54, 1.807) is 31.3 Å². The normalized spacial score (nSPS) is 11.8. The van der Waals surface area contributed by atoms with E-state index < -0.39 is 17.6 Å². The van der Waals surface area contributed by atoms with Crippen LogP contribution in [-0.4, -0.2) is 14.5 Å². The van der Waals surface area contributed by atoms with E-state index in [4.69, 9.17) is 4.74 Å². The zero-order valence-electron chi connectivity index (χ0n) is 19.7. The SMILES string of the molecule is Cc1cnc(Oc2cccc(-c3ccc4c5ccccc5n(-c5ccccn5)c4c3)c2)c(C(F)(F)F)c1. The number of para-hydroxylation sites is 1. The van der Waals surface area contributed by atoms with Crippen LogP contribution in [0, 0.1) is 6.92 Å². The van der Waals surface area contributed by atoms with Crippen molar-refractivity contribution in [1.29, 1.82) is 0 Å². The number of alkyl halides is 3. The van der Waals surface area contributed by atoms with E-state index in [1.165, 1.54) is 6.20 Å². The van der Waals surface area contributed by atoms with Crippen LogP contribution in [-0.2, 0) is 6.18 Å². The minimum atomic E-state index is -4.57. The number of fused-ring (bicyclic) bond motifs is 3. The maximum Gasteiger partial charge on any atom is 0.421 e. The lowest BCUT2D eigenvalue weighted by Gasteiger charge is -2.14. The second-order valence-corrected chi connectivity index (χ2v) is 8.77. The van der Waals surface area contributed by atoms with Gasteiger partial charge in [0.05, 0.1) is 11.0 Å². The van der Waals surface area contributed by atoms with Crippen LogP contribution in [0.3, 0.4) is 0 Å². The Kier molecular flexibility index (Phi) is 5.41. The Morgan fingerprint density at radius 1 is 0.730 bits per heavy atom. The molecule has 0 aliphatic rings. The first-order valence-electron chi connectivity index (χ1n) is 11.7. The molecular formula is C30H20F3N3O. The maximum absolute atomic E-state index is 13.6. The molecule has 0 unspecified atom stereocenters. The molecule has 37 heavy (non-hydrogen) atoms. The Morgan fingerprint density at radius 2 is 1.51 bits per heavy atom. The number of halogens is 3. The predicted molar refractivity (Wildman–Crippen MR) is 138 cm³/mol. The Labute approximate surface area is 210 Å². The van der Waals surface area contributed by atoms with Crippen molar-refractivity contribution in [3.8, 4) is 28.6 Å². The lowest BCUT2D eigenvalue weighted by atomic mass is 10.0. The highest BCUT2D eigenvalue weighted by atomic mass is 19.4. The molecule has 4 nitrogen and oxygen atoms in total. The lowest BCUT2D eigenvalue weighted by molar-refractivity contribution is -0.138. The van der Waals surface area contributed by atoms with Gasteiger partial charge in [0, 0.05) is 23.2 Å². The summed E-state index contributed by atoms with van der Waals surface area (Å²) in [5.74, 6) is 0.596. The standard InChI is InChI=1S/C30H20F3N3O/c1-19-15-25(30(31,32)33)29(35-18-19)37-22-8-6-7-20(16-22)21-12-13-24-23-9-2-3-10-26(23)36(27(24)17-21)28-11-4-5-14-34-28/h2-18H,1H3. The summed E-state index contributed by atoms with van der Waals surface area (Å²) in [6.07, 6.45) is -1.45. The van der Waals surface area contributed by atoms with Gasteiger partial charge in [-0.15, -0.1) is 0 Å². The molecule has 3 heterocycles. The van der Waals surface area contributed by atoms with Gasteiger partial charge < -0.3 is 4.74 Å². The van der Waals surface area contributed by atoms with E-state index in [2.05, 4.69) is 38.8 Å². The van der Waals surface area contributed by atoms with Crippen molar-refractivity contribution in [2.75, 3.05) is 0 Å². The van der Waals surface area contributed by atoms with Gasteiger partial charge in [-0.3, -0.25) is 4.57 Å². The zero-order valence-corrected chi connectivity index (χ0v) is 19.7. The first kappa shape index (κ1) is 22.8. The molecule has 3 aromatic heterocycles. The Bertz CT molecular complexity index is 1760. The van der Waals surface area contributed by atoms with Gasteiger partial charge >= 0.3 is 6.18 Å². The Hall–Kier alpha value is -4.65. The van der Waals surface area contributed by atoms with Crippen LogP contribution in [0.4, 0.5) is 13.2 Å². The van der Waals surface area contributed by atoms with Crippen LogP contribution in [0.1, 0.15) is 11.1 Å². The van der Waals surface area contributed by atoms with Crippen LogP contribution >= 0.6 is 0 Å². The van der Waals surface area contributed by atoms with E-state index in [0.29, 0.717) is 5.56 Å². The molecule has 182 valence electrons. The van der Waals surface area contributed by atoms with Crippen molar-refractivity contribution >= 4 is 21.8 Å². The minimum Gasteiger partial charge on any atom is -0.438 e. The average Bonchev–Trinajstić information content (AvgIpc) is 3.23. The zero-order chi connectivity index (χ0) is 25.6. The highest BCUT2D eigenvalue weighted by Crippen LogP contribution is 2.39. The smallest absolute Gasteiger partial charge is 0.421 e. The molecule has 0 saturated carbocycles. The van der Waals surface area contributed by atoms with Gasteiger partial charge in [0.1, 0.15) is 17.1 Å². The fraction of sp³-hybridized carbons (Fsp3) is 0.0667. The summed E-state index contributed by atoms with van der Waals surface area (Å²) in [6.45, 7) is 1.56. The second kappa shape index (κ2) is 8.78. The number of hydrogen-bond donors (Lipinski definition) is 0. The van der Waals surface area contributed by atoms with E-state index in [-0.39, 0.29) is 5.75 Å². The molecule has 0 spiro atoms. The summed E-state index contributed by atoms with van der Waals surface area (Å²) in [6, 6.07) is 28.1. The van der Waals surface area contributed by atoms with Crippen molar-refractivity contribution in [1.82, 2.24) is 14.5 Å². The molecule has 0 fully saturated rings. The number of ether oxygens (including phenoxy) is 1. The predicted octanol–water partition coefficient (Wildman–Crippen LogP) is 8.36. The third kappa shape index (κ3) is 4.18. The minimum absolute atomic E-state index is 0.268. The van der Waals surface area contributed by atoms with E-state index in [0.717, 1.165) is 44.8 Å². The molecule has 6 aromatic rings. The number of aromatic nitrogens is 3. The van der Waals surface area contributed by atoms with Crippen molar-refractivity contribution in [3.05, 3.63) is 115 Å². The van der Waals surface area contributed by atoms with Gasteiger partial charge in [-0.1, -0.05) is 48.5 Å². The average molecular weight is 496 g/mol. The van der Waals surface area contributed by atoms with Crippen molar-refractivity contribution in [2.24, 2.45) is 0 Å². The highest BCUT2D eigenvalue weighted by molar-refractivity contribution is 6.10. The van der Waals surface area contributed by atoms with Crippen LogP contribution in [0.5, 0.6) is 11.6 Å². The molecule has 0 aliphatic heterocycles. The molecule has 0 radical (unpaired) electrons. The van der Waals surface area contributed by atoms with Crippen molar-refractivity contribution in [2.45, 2.75) is 13.1 Å². The molecule has 0 atom stereocenters. The second-order valence-electron chi connectivity index (χ2n) is 8.77. The summed E-state index contributed by atoms with van der Waals surface area (Å²) in [5, 5.41) is 2.19. The number of pyridine rings is 2. The van der Waals surface area contributed by atoms with Gasteiger partial charge in [0.2, 0.25) is 5.88 Å². The third-order valence-corrected chi connectivity index (χ3v) is 6.23.